The van der Waals surface area contributed by atoms with Crippen molar-refractivity contribution >= 4 is 11.7 Å². The molecule has 2 aromatic rings. The number of nitrogens with one attached hydrogen (secondary N) is 2. The Morgan fingerprint density at radius 1 is 1.32 bits per heavy atom. The zero-order valence-electron chi connectivity index (χ0n) is 14.5. The highest BCUT2D eigenvalue weighted by Gasteiger charge is 2.12. The minimum Gasteiger partial charge on any atom is -0.491 e. The predicted molar refractivity (Wildman–Crippen MR) is 94.8 cm³/mol. The third-order valence-corrected chi connectivity index (χ3v) is 4.04. The number of amides is 2. The highest BCUT2D eigenvalue weighted by molar-refractivity contribution is 5.89. The van der Waals surface area contributed by atoms with E-state index in [4.69, 9.17) is 9.47 Å². The molecule has 1 aliphatic rings. The van der Waals surface area contributed by atoms with Crippen molar-refractivity contribution in [1.29, 1.82) is 0 Å². The highest BCUT2D eigenvalue weighted by Crippen LogP contribution is 2.17. The first kappa shape index (κ1) is 17.3. The maximum atomic E-state index is 12.1. The van der Waals surface area contributed by atoms with Gasteiger partial charge in [0.1, 0.15) is 18.2 Å². The number of carbonyl (C=O) groups is 1. The zero-order chi connectivity index (χ0) is 17.5. The summed E-state index contributed by atoms with van der Waals surface area (Å²) in [6, 6.07) is 7.01. The Bertz CT molecular complexity index is 691. The summed E-state index contributed by atoms with van der Waals surface area (Å²) in [4.78, 5) is 16.7. The quantitative estimate of drug-likeness (QED) is 0.757. The molecule has 25 heavy (non-hydrogen) atoms. The van der Waals surface area contributed by atoms with Gasteiger partial charge in [0.2, 0.25) is 0 Å². The van der Waals surface area contributed by atoms with Crippen LogP contribution in [0.1, 0.15) is 24.4 Å². The number of rotatable bonds is 7. The molecule has 0 fully saturated rings. The van der Waals surface area contributed by atoms with Crippen molar-refractivity contribution in [1.82, 2.24) is 14.9 Å². The molecular formula is C18H24N4O3. The van der Waals surface area contributed by atoms with Crippen LogP contribution in [0.4, 0.5) is 10.5 Å². The zero-order valence-corrected chi connectivity index (χ0v) is 14.5. The van der Waals surface area contributed by atoms with Crippen molar-refractivity contribution in [3.8, 4) is 5.75 Å². The first-order valence-electron chi connectivity index (χ1n) is 8.56. The number of carbonyl (C=O) groups excluding carboxylic acids is 1. The fraction of sp³-hybridized carbons (Fsp3) is 0.444. The molecular weight excluding hydrogens is 320 g/mol. The number of urea groups is 1. The van der Waals surface area contributed by atoms with Crippen LogP contribution in [0.25, 0.3) is 0 Å². The van der Waals surface area contributed by atoms with E-state index in [1.54, 1.807) is 13.2 Å². The summed E-state index contributed by atoms with van der Waals surface area (Å²) < 4.78 is 12.7. The second-order valence-electron chi connectivity index (χ2n) is 5.98. The second-order valence-corrected chi connectivity index (χ2v) is 5.98. The first-order chi connectivity index (χ1) is 12.2. The van der Waals surface area contributed by atoms with Crippen LogP contribution in [0.2, 0.25) is 0 Å². The van der Waals surface area contributed by atoms with Gasteiger partial charge < -0.3 is 24.7 Å². The second kappa shape index (κ2) is 8.53. The number of hydrogen-bond donors (Lipinski definition) is 2. The van der Waals surface area contributed by atoms with Crippen molar-refractivity contribution in [2.24, 2.45) is 0 Å². The minimum atomic E-state index is -0.264. The van der Waals surface area contributed by atoms with Crippen molar-refractivity contribution in [3.63, 3.8) is 0 Å². The summed E-state index contributed by atoms with van der Waals surface area (Å²) in [6.45, 7) is 2.42. The number of fused-ring (bicyclic) bond motifs is 1. The maximum absolute atomic E-state index is 12.1. The monoisotopic (exact) mass is 344 g/mol. The van der Waals surface area contributed by atoms with Crippen molar-refractivity contribution in [3.05, 3.63) is 42.0 Å². The number of hydrogen-bond acceptors (Lipinski definition) is 4. The molecule has 0 radical (unpaired) electrons. The molecule has 0 bridgehead atoms. The molecule has 0 aliphatic carbocycles. The predicted octanol–water partition coefficient (Wildman–Crippen LogP) is 2.57. The fourth-order valence-corrected chi connectivity index (χ4v) is 2.81. The Morgan fingerprint density at radius 2 is 2.24 bits per heavy atom. The summed E-state index contributed by atoms with van der Waals surface area (Å²) in [5.41, 5.74) is 1.57. The molecule has 1 aromatic heterocycles. The van der Waals surface area contributed by atoms with Crippen LogP contribution in [0.3, 0.4) is 0 Å². The average Bonchev–Trinajstić information content (AvgIpc) is 3.04. The summed E-state index contributed by atoms with van der Waals surface area (Å²) >= 11 is 0. The van der Waals surface area contributed by atoms with Gasteiger partial charge in [0, 0.05) is 38.0 Å². The molecule has 2 heterocycles. The molecule has 7 nitrogen and oxygen atoms in total. The summed E-state index contributed by atoms with van der Waals surface area (Å²) in [7, 11) is 1.63. The van der Waals surface area contributed by atoms with Crippen LogP contribution in [-0.2, 0) is 24.2 Å². The van der Waals surface area contributed by atoms with E-state index in [-0.39, 0.29) is 6.03 Å². The molecule has 3 rings (SSSR count). The molecule has 2 amide bonds. The third kappa shape index (κ3) is 4.96. The lowest BCUT2D eigenvalue weighted by atomic mass is 10.2. The molecule has 1 aromatic carbocycles. The van der Waals surface area contributed by atoms with E-state index in [1.165, 1.54) is 12.8 Å². The van der Waals surface area contributed by atoms with E-state index >= 15 is 0 Å². The van der Waals surface area contributed by atoms with Gasteiger partial charge in [-0.15, -0.1) is 0 Å². The Hall–Kier alpha value is -2.54. The molecule has 2 N–H and O–H groups in total. The maximum Gasteiger partial charge on any atom is 0.319 e. The number of anilines is 1. The number of nitrogens with zero attached hydrogens (tertiary/aromatic N) is 2. The van der Waals surface area contributed by atoms with Crippen LogP contribution < -0.4 is 15.4 Å². The van der Waals surface area contributed by atoms with Crippen molar-refractivity contribution < 1.29 is 14.3 Å². The Labute approximate surface area is 147 Å². The number of benzene rings is 1. The van der Waals surface area contributed by atoms with Crippen LogP contribution >= 0.6 is 0 Å². The smallest absolute Gasteiger partial charge is 0.319 e. The van der Waals surface area contributed by atoms with Crippen LogP contribution in [0.5, 0.6) is 5.75 Å². The lowest BCUT2D eigenvalue weighted by molar-refractivity contribution is 0.146. The summed E-state index contributed by atoms with van der Waals surface area (Å²) in [5, 5.41) is 5.65. The van der Waals surface area contributed by atoms with Gasteiger partial charge in [-0.05, 0) is 25.0 Å². The highest BCUT2D eigenvalue weighted by atomic mass is 16.5. The van der Waals surface area contributed by atoms with E-state index in [0.717, 1.165) is 24.5 Å². The molecule has 7 heteroatoms. The first-order valence-corrected chi connectivity index (χ1v) is 8.56. The van der Waals surface area contributed by atoms with Crippen molar-refractivity contribution in [2.45, 2.75) is 32.4 Å². The summed E-state index contributed by atoms with van der Waals surface area (Å²) in [6.07, 6.45) is 5.42. The van der Waals surface area contributed by atoms with Gasteiger partial charge in [0.05, 0.1) is 18.8 Å². The third-order valence-electron chi connectivity index (χ3n) is 4.04. The van der Waals surface area contributed by atoms with Gasteiger partial charge in [-0.1, -0.05) is 6.07 Å². The van der Waals surface area contributed by atoms with E-state index in [0.29, 0.717) is 31.2 Å². The molecule has 0 saturated carbocycles. The molecule has 0 atom stereocenters. The summed E-state index contributed by atoms with van der Waals surface area (Å²) in [5.74, 6) is 1.81. The van der Waals surface area contributed by atoms with E-state index in [2.05, 4.69) is 20.2 Å². The molecule has 0 saturated heterocycles. The number of methoxy groups -OCH3 is 1. The lowest BCUT2D eigenvalue weighted by Crippen LogP contribution is -2.28. The average molecular weight is 344 g/mol. The van der Waals surface area contributed by atoms with Crippen LogP contribution in [0.15, 0.2) is 30.5 Å². The molecule has 134 valence electrons. The van der Waals surface area contributed by atoms with Crippen LogP contribution in [0, 0.1) is 0 Å². The van der Waals surface area contributed by atoms with E-state index in [9.17, 15) is 4.79 Å². The Morgan fingerprint density at radius 3 is 3.08 bits per heavy atom. The Kier molecular flexibility index (Phi) is 5.90. The van der Waals surface area contributed by atoms with Gasteiger partial charge in [-0.3, -0.25) is 0 Å². The van der Waals surface area contributed by atoms with Crippen LogP contribution in [-0.4, -0.2) is 35.9 Å². The number of aryl methyl sites for hydroxylation is 2. The largest absolute Gasteiger partial charge is 0.491 e. The molecule has 1 aliphatic heterocycles. The van der Waals surface area contributed by atoms with Gasteiger partial charge >= 0.3 is 6.03 Å². The standard InChI is InChI=1S/C18H24N4O3/c1-24-9-10-25-16-6-4-5-14(11-16)21-18(23)19-12-15-13-22-8-3-2-7-17(22)20-15/h4-6,11,13H,2-3,7-10,12H2,1H3,(H2,19,21,23). The Balaban J connectivity index is 1.49. The van der Waals surface area contributed by atoms with Crippen molar-refractivity contribution in [2.75, 3.05) is 25.6 Å². The fourth-order valence-electron chi connectivity index (χ4n) is 2.81. The van der Waals surface area contributed by atoms with Gasteiger partial charge in [0.15, 0.2) is 0 Å². The van der Waals surface area contributed by atoms with Gasteiger partial charge in [-0.2, -0.15) is 0 Å². The number of imidazole rings is 1. The molecule has 0 unspecified atom stereocenters. The normalized spacial score (nSPS) is 13.2. The molecule has 0 spiro atoms. The van der Waals surface area contributed by atoms with Gasteiger partial charge in [-0.25, -0.2) is 9.78 Å². The topological polar surface area (TPSA) is 77.4 Å². The number of ether oxygens (including phenoxy) is 2. The SMILES string of the molecule is COCCOc1cccc(NC(=O)NCc2cn3c(n2)CCCC3)c1. The van der Waals surface area contributed by atoms with E-state index < -0.39 is 0 Å². The van der Waals surface area contributed by atoms with Gasteiger partial charge in [0.25, 0.3) is 0 Å². The lowest BCUT2D eigenvalue weighted by Gasteiger charge is -2.11. The minimum absolute atomic E-state index is 0.264. The number of aromatic nitrogens is 2. The van der Waals surface area contributed by atoms with E-state index in [1.807, 2.05) is 24.4 Å².